The maximum absolute atomic E-state index is 12.5. The highest BCUT2D eigenvalue weighted by atomic mass is 16.4. The average Bonchev–Trinajstić information content (AvgIpc) is 3.00. The number of nitrogens with two attached hydrogens (primary N) is 1. The molecule has 0 aliphatic carbocycles. The van der Waals surface area contributed by atoms with E-state index >= 15 is 0 Å². The molecule has 1 aliphatic rings. The van der Waals surface area contributed by atoms with Crippen molar-refractivity contribution >= 4 is 22.9 Å². The summed E-state index contributed by atoms with van der Waals surface area (Å²) in [5.41, 5.74) is 7.02. The number of carbonyl (C=O) groups is 2. The lowest BCUT2D eigenvalue weighted by atomic mass is 9.90. The van der Waals surface area contributed by atoms with E-state index in [0.29, 0.717) is 35.7 Å². The van der Waals surface area contributed by atoms with E-state index in [1.807, 2.05) is 6.92 Å². The molecule has 0 bridgehead atoms. The SMILES string of the molecule is CC(N)C(=O)N1CCC(C(C)NC(=O)c2ccc3[nH]c(=O)oc3c2)CC1. The average molecular weight is 360 g/mol. The number of hydrogen-bond acceptors (Lipinski definition) is 5. The smallest absolute Gasteiger partial charge is 0.408 e. The molecule has 8 heteroatoms. The predicted molar refractivity (Wildman–Crippen MR) is 96.7 cm³/mol. The molecule has 1 aromatic heterocycles. The molecule has 3 rings (SSSR count). The summed E-state index contributed by atoms with van der Waals surface area (Å²) in [6.45, 7) is 4.98. The number of amides is 2. The van der Waals surface area contributed by atoms with Gasteiger partial charge in [-0.05, 0) is 50.8 Å². The lowest BCUT2D eigenvalue weighted by Crippen LogP contribution is -2.49. The van der Waals surface area contributed by atoms with Crippen LogP contribution < -0.4 is 16.8 Å². The fourth-order valence-electron chi connectivity index (χ4n) is 3.40. The molecular weight excluding hydrogens is 336 g/mol. The first-order valence-corrected chi connectivity index (χ1v) is 8.83. The van der Waals surface area contributed by atoms with Crippen molar-refractivity contribution in [2.24, 2.45) is 11.7 Å². The Kier molecular flexibility index (Phi) is 5.13. The number of benzene rings is 1. The summed E-state index contributed by atoms with van der Waals surface area (Å²) < 4.78 is 4.99. The summed E-state index contributed by atoms with van der Waals surface area (Å²) in [6.07, 6.45) is 1.65. The highest BCUT2D eigenvalue weighted by molar-refractivity contribution is 5.97. The zero-order chi connectivity index (χ0) is 18.8. The first-order chi connectivity index (χ1) is 12.3. The van der Waals surface area contributed by atoms with Crippen molar-refractivity contribution in [3.8, 4) is 0 Å². The molecule has 8 nitrogen and oxygen atoms in total. The molecule has 2 heterocycles. The number of nitrogens with one attached hydrogen (secondary N) is 2. The number of oxazole rings is 1. The van der Waals surface area contributed by atoms with Crippen LogP contribution >= 0.6 is 0 Å². The molecule has 26 heavy (non-hydrogen) atoms. The molecule has 0 spiro atoms. The zero-order valence-electron chi connectivity index (χ0n) is 15.0. The van der Waals surface area contributed by atoms with Gasteiger partial charge >= 0.3 is 5.76 Å². The topological polar surface area (TPSA) is 121 Å². The monoisotopic (exact) mass is 360 g/mol. The van der Waals surface area contributed by atoms with E-state index in [0.717, 1.165) is 12.8 Å². The number of aromatic amines is 1. The Balaban J connectivity index is 1.59. The van der Waals surface area contributed by atoms with E-state index in [-0.39, 0.29) is 17.9 Å². The van der Waals surface area contributed by atoms with Crippen molar-refractivity contribution in [2.75, 3.05) is 13.1 Å². The summed E-state index contributed by atoms with van der Waals surface area (Å²) >= 11 is 0. The van der Waals surface area contributed by atoms with Gasteiger partial charge in [0.05, 0.1) is 11.6 Å². The fourth-order valence-corrected chi connectivity index (χ4v) is 3.40. The summed E-state index contributed by atoms with van der Waals surface area (Å²) in [6, 6.07) is 4.35. The molecule has 2 aromatic rings. The Hall–Kier alpha value is -2.61. The summed E-state index contributed by atoms with van der Waals surface area (Å²) in [5, 5.41) is 3.01. The first kappa shape index (κ1) is 18.2. The Morgan fingerprint density at radius 1 is 1.31 bits per heavy atom. The molecule has 0 radical (unpaired) electrons. The predicted octanol–water partition coefficient (Wildman–Crippen LogP) is 0.825. The highest BCUT2D eigenvalue weighted by Crippen LogP contribution is 2.21. The third-order valence-corrected chi connectivity index (χ3v) is 4.99. The van der Waals surface area contributed by atoms with Gasteiger partial charge in [0.2, 0.25) is 5.91 Å². The summed E-state index contributed by atoms with van der Waals surface area (Å²) in [7, 11) is 0. The third kappa shape index (κ3) is 3.80. The van der Waals surface area contributed by atoms with Crippen LogP contribution in [0.15, 0.2) is 27.4 Å². The van der Waals surface area contributed by atoms with Gasteiger partial charge < -0.3 is 20.4 Å². The summed E-state index contributed by atoms with van der Waals surface area (Å²) in [4.78, 5) is 40.0. The minimum Gasteiger partial charge on any atom is -0.408 e. The normalized spacial score (nSPS) is 17.9. The Morgan fingerprint density at radius 3 is 2.65 bits per heavy atom. The van der Waals surface area contributed by atoms with Gasteiger partial charge in [-0.1, -0.05) is 0 Å². The Bertz CT molecular complexity index is 861. The maximum Gasteiger partial charge on any atom is 0.417 e. The lowest BCUT2D eigenvalue weighted by Gasteiger charge is -2.35. The maximum atomic E-state index is 12.5. The molecule has 0 saturated carbocycles. The molecule has 1 aromatic carbocycles. The van der Waals surface area contributed by atoms with Crippen molar-refractivity contribution in [3.05, 3.63) is 34.3 Å². The van der Waals surface area contributed by atoms with E-state index in [4.69, 9.17) is 10.2 Å². The zero-order valence-corrected chi connectivity index (χ0v) is 15.0. The third-order valence-electron chi connectivity index (χ3n) is 4.99. The van der Waals surface area contributed by atoms with Crippen LogP contribution in [-0.2, 0) is 4.79 Å². The Morgan fingerprint density at radius 2 is 2.00 bits per heavy atom. The molecule has 2 amide bonds. The van der Waals surface area contributed by atoms with Crippen molar-refractivity contribution < 1.29 is 14.0 Å². The number of hydrogen-bond donors (Lipinski definition) is 3. The number of aromatic nitrogens is 1. The van der Waals surface area contributed by atoms with E-state index < -0.39 is 11.8 Å². The van der Waals surface area contributed by atoms with Crippen molar-refractivity contribution in [3.63, 3.8) is 0 Å². The van der Waals surface area contributed by atoms with Crippen LogP contribution in [0.1, 0.15) is 37.0 Å². The highest BCUT2D eigenvalue weighted by Gasteiger charge is 2.28. The number of H-pyrrole nitrogens is 1. The van der Waals surface area contributed by atoms with Crippen LogP contribution in [0.2, 0.25) is 0 Å². The van der Waals surface area contributed by atoms with E-state index in [1.165, 1.54) is 0 Å². The number of carbonyl (C=O) groups excluding carboxylic acids is 2. The van der Waals surface area contributed by atoms with Gasteiger partial charge in [-0.2, -0.15) is 0 Å². The molecule has 1 saturated heterocycles. The van der Waals surface area contributed by atoms with Crippen LogP contribution in [-0.4, -0.2) is 46.9 Å². The quantitative estimate of drug-likeness (QED) is 0.745. The van der Waals surface area contributed by atoms with Crippen LogP contribution in [0.4, 0.5) is 0 Å². The number of fused-ring (bicyclic) bond motifs is 1. The second-order valence-electron chi connectivity index (χ2n) is 6.94. The number of piperidine rings is 1. The Labute approximate surface area is 150 Å². The molecule has 1 aliphatic heterocycles. The van der Waals surface area contributed by atoms with Gasteiger partial charge in [-0.25, -0.2) is 4.79 Å². The van der Waals surface area contributed by atoms with Gasteiger partial charge in [0.25, 0.3) is 5.91 Å². The standard InChI is InChI=1S/C18H24N4O4/c1-10(19)17(24)22-7-5-12(6-8-22)11(2)20-16(23)13-3-4-14-15(9-13)26-18(25)21-14/h3-4,9-12H,5-8,19H2,1-2H3,(H,20,23)(H,21,25). The van der Waals surface area contributed by atoms with Gasteiger partial charge in [0.15, 0.2) is 5.58 Å². The lowest BCUT2D eigenvalue weighted by molar-refractivity contribution is -0.133. The molecule has 140 valence electrons. The van der Waals surface area contributed by atoms with Crippen LogP contribution in [0.5, 0.6) is 0 Å². The minimum atomic E-state index is -0.543. The number of rotatable bonds is 4. The number of nitrogens with zero attached hydrogens (tertiary/aromatic N) is 1. The van der Waals surface area contributed by atoms with E-state index in [2.05, 4.69) is 10.3 Å². The van der Waals surface area contributed by atoms with Crippen LogP contribution in [0.25, 0.3) is 11.1 Å². The minimum absolute atomic E-state index is 0.0241. The van der Waals surface area contributed by atoms with Gasteiger partial charge in [-0.3, -0.25) is 14.6 Å². The van der Waals surface area contributed by atoms with Gasteiger partial charge in [0, 0.05) is 24.7 Å². The van der Waals surface area contributed by atoms with Gasteiger partial charge in [0.1, 0.15) is 0 Å². The van der Waals surface area contributed by atoms with Crippen molar-refractivity contribution in [1.29, 1.82) is 0 Å². The van der Waals surface area contributed by atoms with Crippen LogP contribution in [0, 0.1) is 5.92 Å². The molecule has 2 atom stereocenters. The van der Waals surface area contributed by atoms with E-state index in [9.17, 15) is 14.4 Å². The van der Waals surface area contributed by atoms with Gasteiger partial charge in [-0.15, -0.1) is 0 Å². The molecule has 4 N–H and O–H groups in total. The molecule has 2 unspecified atom stereocenters. The molecule has 1 fully saturated rings. The first-order valence-electron chi connectivity index (χ1n) is 8.83. The largest absolute Gasteiger partial charge is 0.417 e. The van der Waals surface area contributed by atoms with Crippen molar-refractivity contribution in [2.45, 2.75) is 38.8 Å². The van der Waals surface area contributed by atoms with Crippen LogP contribution in [0.3, 0.4) is 0 Å². The van der Waals surface area contributed by atoms with E-state index in [1.54, 1.807) is 30.0 Å². The number of likely N-dealkylation sites (tertiary alicyclic amines) is 1. The molecular formula is C18H24N4O4. The fraction of sp³-hybridized carbons (Fsp3) is 0.500. The second-order valence-corrected chi connectivity index (χ2v) is 6.94. The summed E-state index contributed by atoms with van der Waals surface area (Å²) in [5.74, 6) is -0.484. The second kappa shape index (κ2) is 7.33. The van der Waals surface area contributed by atoms with Crippen molar-refractivity contribution in [1.82, 2.24) is 15.2 Å².